The molecule has 2 amide bonds. The maximum atomic E-state index is 12.2. The summed E-state index contributed by atoms with van der Waals surface area (Å²) in [6.45, 7) is 6.87. The van der Waals surface area contributed by atoms with Gasteiger partial charge in [0.2, 0.25) is 5.91 Å². The fourth-order valence-corrected chi connectivity index (χ4v) is 2.22. The van der Waals surface area contributed by atoms with Crippen molar-refractivity contribution >= 4 is 17.8 Å². The summed E-state index contributed by atoms with van der Waals surface area (Å²) in [6.07, 6.45) is -0.547. The third-order valence-electron chi connectivity index (χ3n) is 3.43. The lowest BCUT2D eigenvalue weighted by atomic mass is 10.0. The summed E-state index contributed by atoms with van der Waals surface area (Å²) in [5, 5.41) is 5.44. The van der Waals surface area contributed by atoms with E-state index in [1.165, 1.54) is 0 Å². The Morgan fingerprint density at radius 2 is 1.92 bits per heavy atom. The van der Waals surface area contributed by atoms with Crippen LogP contribution in [-0.4, -0.2) is 62.9 Å². The van der Waals surface area contributed by atoms with Gasteiger partial charge in [0.05, 0.1) is 6.61 Å². The molecule has 1 aliphatic rings. The number of carbonyl (C=O) groups excluding carboxylic acids is 3. The number of ether oxygens (including phenoxy) is 3. The van der Waals surface area contributed by atoms with Crippen LogP contribution in [-0.2, 0) is 28.6 Å². The van der Waals surface area contributed by atoms with Gasteiger partial charge in [-0.25, -0.2) is 4.79 Å². The van der Waals surface area contributed by atoms with Crippen molar-refractivity contribution in [3.63, 3.8) is 0 Å². The number of esters is 1. The molecule has 0 aliphatic carbocycles. The lowest BCUT2D eigenvalue weighted by Gasteiger charge is -2.19. The standard InChI is InChI=1S/C16H28N2O6/c1-5-23-16(21)13-12(24-13)15(20)18-11(9-10(2)3)14(19)17-7-6-8-22-4/h10-13H,5-9H2,1-4H3,(H,17,19)(H,18,20)/t11?,12?,13-/m0/s1. The summed E-state index contributed by atoms with van der Waals surface area (Å²) in [7, 11) is 1.60. The highest BCUT2D eigenvalue weighted by Gasteiger charge is 2.52. The van der Waals surface area contributed by atoms with E-state index < -0.39 is 30.1 Å². The second-order valence-electron chi connectivity index (χ2n) is 6.06. The average molecular weight is 344 g/mol. The molecule has 1 saturated heterocycles. The number of hydrogen-bond acceptors (Lipinski definition) is 6. The molecule has 0 aromatic rings. The van der Waals surface area contributed by atoms with Crippen molar-refractivity contribution in [1.82, 2.24) is 10.6 Å². The zero-order valence-corrected chi connectivity index (χ0v) is 14.8. The monoisotopic (exact) mass is 344 g/mol. The number of nitrogens with one attached hydrogen (secondary N) is 2. The number of carbonyl (C=O) groups is 3. The maximum Gasteiger partial charge on any atom is 0.338 e. The molecular formula is C16H28N2O6. The SMILES string of the molecule is CCOC(=O)[C@H]1OC1C(=O)NC(CC(C)C)C(=O)NCCCOC. The average Bonchev–Trinajstić information content (AvgIpc) is 3.31. The first-order valence-corrected chi connectivity index (χ1v) is 8.29. The second-order valence-corrected chi connectivity index (χ2v) is 6.06. The Balaban J connectivity index is 2.49. The second kappa shape index (κ2) is 10.2. The van der Waals surface area contributed by atoms with Crippen LogP contribution in [0, 0.1) is 5.92 Å². The quantitative estimate of drug-likeness (QED) is 0.310. The van der Waals surface area contributed by atoms with Crippen molar-refractivity contribution in [3.8, 4) is 0 Å². The minimum Gasteiger partial charge on any atom is -0.464 e. The molecule has 1 aliphatic heterocycles. The van der Waals surface area contributed by atoms with Gasteiger partial charge in [0.15, 0.2) is 12.2 Å². The molecule has 2 N–H and O–H groups in total. The number of rotatable bonds is 11. The Labute approximate surface area is 142 Å². The molecule has 0 radical (unpaired) electrons. The van der Waals surface area contributed by atoms with Gasteiger partial charge in [-0.2, -0.15) is 0 Å². The summed E-state index contributed by atoms with van der Waals surface area (Å²) in [5.41, 5.74) is 0. The van der Waals surface area contributed by atoms with E-state index in [0.29, 0.717) is 26.0 Å². The summed E-state index contributed by atoms with van der Waals surface area (Å²) < 4.78 is 14.8. The van der Waals surface area contributed by atoms with Crippen LogP contribution in [0.25, 0.3) is 0 Å². The molecule has 3 atom stereocenters. The largest absolute Gasteiger partial charge is 0.464 e. The van der Waals surface area contributed by atoms with Crippen molar-refractivity contribution in [2.24, 2.45) is 5.92 Å². The van der Waals surface area contributed by atoms with E-state index in [0.717, 1.165) is 0 Å². The van der Waals surface area contributed by atoms with Crippen LogP contribution in [0.5, 0.6) is 0 Å². The van der Waals surface area contributed by atoms with E-state index >= 15 is 0 Å². The number of methoxy groups -OCH3 is 1. The van der Waals surface area contributed by atoms with Crippen LogP contribution < -0.4 is 10.6 Å². The van der Waals surface area contributed by atoms with Gasteiger partial charge in [0, 0.05) is 20.3 Å². The molecule has 0 aromatic carbocycles. The van der Waals surface area contributed by atoms with E-state index in [-0.39, 0.29) is 18.4 Å². The van der Waals surface area contributed by atoms with E-state index in [2.05, 4.69) is 10.6 Å². The van der Waals surface area contributed by atoms with Crippen LogP contribution in [0.4, 0.5) is 0 Å². The highest BCUT2D eigenvalue weighted by molar-refractivity contribution is 5.95. The Bertz CT molecular complexity index is 440. The molecular weight excluding hydrogens is 316 g/mol. The fourth-order valence-electron chi connectivity index (χ4n) is 2.22. The van der Waals surface area contributed by atoms with Gasteiger partial charge in [-0.3, -0.25) is 9.59 Å². The molecule has 0 aromatic heterocycles. The first kappa shape index (κ1) is 20.4. The van der Waals surface area contributed by atoms with Crippen molar-refractivity contribution in [1.29, 1.82) is 0 Å². The smallest absolute Gasteiger partial charge is 0.338 e. The topological polar surface area (TPSA) is 106 Å². The van der Waals surface area contributed by atoms with Gasteiger partial charge < -0.3 is 24.8 Å². The molecule has 2 unspecified atom stereocenters. The molecule has 138 valence electrons. The van der Waals surface area contributed by atoms with Crippen molar-refractivity contribution in [2.75, 3.05) is 26.9 Å². The van der Waals surface area contributed by atoms with Crippen LogP contribution in [0.1, 0.15) is 33.6 Å². The van der Waals surface area contributed by atoms with Crippen LogP contribution in [0.15, 0.2) is 0 Å². The third kappa shape index (κ3) is 6.84. The summed E-state index contributed by atoms with van der Waals surface area (Å²) in [4.78, 5) is 35.9. The highest BCUT2D eigenvalue weighted by Crippen LogP contribution is 2.24. The number of hydrogen-bond donors (Lipinski definition) is 2. The molecule has 0 bridgehead atoms. The first-order valence-electron chi connectivity index (χ1n) is 8.29. The van der Waals surface area contributed by atoms with Gasteiger partial charge in [-0.15, -0.1) is 0 Å². The molecule has 24 heavy (non-hydrogen) atoms. The van der Waals surface area contributed by atoms with E-state index in [1.54, 1.807) is 14.0 Å². The van der Waals surface area contributed by atoms with Gasteiger partial charge in [0.1, 0.15) is 6.04 Å². The predicted molar refractivity (Wildman–Crippen MR) is 86.2 cm³/mol. The zero-order valence-electron chi connectivity index (χ0n) is 14.8. The normalized spacial score (nSPS) is 20.4. The summed E-state index contributed by atoms with van der Waals surface area (Å²) >= 11 is 0. The molecule has 1 heterocycles. The fraction of sp³-hybridized carbons (Fsp3) is 0.812. The highest BCUT2D eigenvalue weighted by atomic mass is 16.6. The lowest BCUT2D eigenvalue weighted by molar-refractivity contribution is -0.144. The molecule has 1 rings (SSSR count). The minimum absolute atomic E-state index is 0.223. The van der Waals surface area contributed by atoms with E-state index in [4.69, 9.17) is 14.2 Å². The van der Waals surface area contributed by atoms with E-state index in [1.807, 2.05) is 13.8 Å². The lowest BCUT2D eigenvalue weighted by Crippen LogP contribution is -2.49. The van der Waals surface area contributed by atoms with Crippen molar-refractivity contribution in [3.05, 3.63) is 0 Å². The Kier molecular flexibility index (Phi) is 8.70. The number of amides is 2. The summed E-state index contributed by atoms with van der Waals surface area (Å²) in [6, 6.07) is -0.660. The van der Waals surface area contributed by atoms with E-state index in [9.17, 15) is 14.4 Å². The maximum absolute atomic E-state index is 12.2. The molecule has 8 heteroatoms. The molecule has 8 nitrogen and oxygen atoms in total. The van der Waals surface area contributed by atoms with Gasteiger partial charge in [0.25, 0.3) is 5.91 Å². The van der Waals surface area contributed by atoms with Gasteiger partial charge in [-0.1, -0.05) is 13.8 Å². The Morgan fingerprint density at radius 3 is 2.50 bits per heavy atom. The first-order chi connectivity index (χ1) is 11.4. The minimum atomic E-state index is -0.875. The Hall–Kier alpha value is -1.67. The van der Waals surface area contributed by atoms with Crippen LogP contribution >= 0.6 is 0 Å². The molecule has 0 spiro atoms. The van der Waals surface area contributed by atoms with Gasteiger partial charge >= 0.3 is 5.97 Å². The Morgan fingerprint density at radius 1 is 1.21 bits per heavy atom. The predicted octanol–water partition coefficient (Wildman–Crippen LogP) is 0.000500. The summed E-state index contributed by atoms with van der Waals surface area (Å²) in [5.74, 6) is -1.05. The molecule has 1 fully saturated rings. The number of epoxide rings is 1. The van der Waals surface area contributed by atoms with Crippen LogP contribution in [0.2, 0.25) is 0 Å². The van der Waals surface area contributed by atoms with Crippen molar-refractivity contribution in [2.45, 2.75) is 51.9 Å². The third-order valence-corrected chi connectivity index (χ3v) is 3.43. The van der Waals surface area contributed by atoms with Gasteiger partial charge in [-0.05, 0) is 25.7 Å². The van der Waals surface area contributed by atoms with Crippen molar-refractivity contribution < 1.29 is 28.6 Å². The molecule has 0 saturated carbocycles. The van der Waals surface area contributed by atoms with Crippen LogP contribution in [0.3, 0.4) is 0 Å². The zero-order chi connectivity index (χ0) is 18.1.